The Labute approximate surface area is 142 Å². The highest BCUT2D eigenvalue weighted by Crippen LogP contribution is 2.70. The molecule has 2 aromatic rings. The Morgan fingerprint density at radius 3 is 3.13 bits per heavy atom. The second-order valence-electron chi connectivity index (χ2n) is 7.91. The Morgan fingerprint density at radius 1 is 1.35 bits per heavy atom. The summed E-state index contributed by atoms with van der Waals surface area (Å²) in [5, 5.41) is 6.75. The summed E-state index contributed by atoms with van der Waals surface area (Å²) >= 11 is 1.75. The summed E-state index contributed by atoms with van der Waals surface area (Å²) in [6, 6.07) is 7.20. The minimum Gasteiger partial charge on any atom is -0.319 e. The number of fused-ring (bicyclic) bond motifs is 1. The van der Waals surface area contributed by atoms with Crippen LogP contribution in [0.2, 0.25) is 0 Å². The van der Waals surface area contributed by atoms with Crippen LogP contribution in [0, 0.1) is 11.3 Å². The third kappa shape index (κ3) is 1.81. The van der Waals surface area contributed by atoms with Gasteiger partial charge in [0.05, 0.1) is 0 Å². The maximum Gasteiger partial charge on any atom is 0.123 e. The molecule has 120 valence electrons. The monoisotopic (exact) mass is 324 g/mol. The molecule has 1 aromatic heterocycles. The van der Waals surface area contributed by atoms with Crippen LogP contribution >= 0.6 is 11.3 Å². The van der Waals surface area contributed by atoms with E-state index < -0.39 is 0 Å². The zero-order valence-corrected chi connectivity index (χ0v) is 14.6. The Morgan fingerprint density at radius 2 is 2.30 bits per heavy atom. The maximum atomic E-state index is 4.53. The maximum absolute atomic E-state index is 4.53. The smallest absolute Gasteiger partial charge is 0.123 e. The molecule has 0 amide bonds. The van der Waals surface area contributed by atoms with Crippen LogP contribution in [-0.2, 0) is 11.8 Å². The molecule has 2 unspecified atom stereocenters. The lowest BCUT2D eigenvalue weighted by Crippen LogP contribution is -2.67. The van der Waals surface area contributed by atoms with Crippen molar-refractivity contribution in [1.29, 1.82) is 0 Å². The van der Waals surface area contributed by atoms with E-state index in [0.29, 0.717) is 10.8 Å². The van der Waals surface area contributed by atoms with Crippen LogP contribution in [0.1, 0.15) is 43.2 Å². The van der Waals surface area contributed by atoms with Crippen LogP contribution in [-0.4, -0.2) is 18.6 Å². The molecule has 3 atom stereocenters. The van der Waals surface area contributed by atoms with Crippen LogP contribution in [0.15, 0.2) is 29.8 Å². The van der Waals surface area contributed by atoms with Gasteiger partial charge in [-0.25, -0.2) is 4.98 Å². The zero-order chi connectivity index (χ0) is 15.5. The van der Waals surface area contributed by atoms with Gasteiger partial charge in [0.15, 0.2) is 0 Å². The second-order valence-corrected chi connectivity index (χ2v) is 8.80. The average Bonchev–Trinajstić information content (AvgIpc) is 3.09. The molecule has 2 bridgehead atoms. The predicted octanol–water partition coefficient (Wildman–Crippen LogP) is 4.40. The number of nitrogens with zero attached hydrogens (tertiary/aromatic N) is 1. The number of benzene rings is 1. The first kappa shape index (κ1) is 14.2. The minimum atomic E-state index is 0.482. The molecule has 3 aliphatic carbocycles. The van der Waals surface area contributed by atoms with Gasteiger partial charge >= 0.3 is 0 Å². The highest BCUT2D eigenvalue weighted by Gasteiger charge is 2.66. The number of hydrogen-bond donors (Lipinski definition) is 1. The standard InChI is InChI=1S/C20H24N2S/c1-21-13-19-11-15-6-5-14(18-22-8-9-23-18)10-16(15)20(12-19)7-3-2-4-17(19)20/h5-6,8-10,17,21H,2-4,7,11-13H2,1H3/t17?,19?,20-/m1/s1. The summed E-state index contributed by atoms with van der Waals surface area (Å²) in [7, 11) is 2.12. The molecule has 1 aromatic carbocycles. The number of rotatable bonds is 3. The summed E-state index contributed by atoms with van der Waals surface area (Å²) in [6.07, 6.45) is 10.3. The number of aromatic nitrogens is 1. The van der Waals surface area contributed by atoms with E-state index in [4.69, 9.17) is 0 Å². The first-order chi connectivity index (χ1) is 11.3. The van der Waals surface area contributed by atoms with Crippen molar-refractivity contribution < 1.29 is 0 Å². The van der Waals surface area contributed by atoms with Gasteiger partial charge in [-0.15, -0.1) is 11.3 Å². The van der Waals surface area contributed by atoms with Gasteiger partial charge in [0.25, 0.3) is 0 Å². The molecule has 2 fully saturated rings. The van der Waals surface area contributed by atoms with E-state index in [0.717, 1.165) is 5.92 Å². The van der Waals surface area contributed by atoms with Crippen molar-refractivity contribution in [2.75, 3.05) is 13.6 Å². The SMILES string of the molecule is CNCC12Cc3ccc(-c4nccs4)cc3[C@@]3(CCCCC13)C2. The van der Waals surface area contributed by atoms with Crippen molar-refractivity contribution in [2.24, 2.45) is 11.3 Å². The lowest BCUT2D eigenvalue weighted by molar-refractivity contribution is -0.111. The molecule has 2 saturated carbocycles. The van der Waals surface area contributed by atoms with E-state index in [-0.39, 0.29) is 0 Å². The van der Waals surface area contributed by atoms with Crippen LogP contribution in [0.25, 0.3) is 10.6 Å². The van der Waals surface area contributed by atoms with Crippen LogP contribution in [0.5, 0.6) is 0 Å². The third-order valence-electron chi connectivity index (χ3n) is 6.84. The van der Waals surface area contributed by atoms with Crippen molar-refractivity contribution in [3.8, 4) is 10.6 Å². The van der Waals surface area contributed by atoms with E-state index in [1.54, 1.807) is 22.5 Å². The topological polar surface area (TPSA) is 24.9 Å². The van der Waals surface area contributed by atoms with Gasteiger partial charge in [0.1, 0.15) is 5.01 Å². The lowest BCUT2D eigenvalue weighted by Gasteiger charge is -2.69. The van der Waals surface area contributed by atoms with Crippen molar-refractivity contribution in [1.82, 2.24) is 10.3 Å². The van der Waals surface area contributed by atoms with Gasteiger partial charge in [-0.2, -0.15) is 0 Å². The van der Waals surface area contributed by atoms with Gasteiger partial charge < -0.3 is 5.32 Å². The number of thiazole rings is 1. The normalized spacial score (nSPS) is 34.4. The molecule has 0 spiro atoms. The van der Waals surface area contributed by atoms with Crippen LogP contribution in [0.4, 0.5) is 0 Å². The molecule has 1 N–H and O–H groups in total. The van der Waals surface area contributed by atoms with Gasteiger partial charge in [0, 0.05) is 23.7 Å². The van der Waals surface area contributed by atoms with Gasteiger partial charge in [-0.3, -0.25) is 0 Å². The minimum absolute atomic E-state index is 0.482. The summed E-state index contributed by atoms with van der Waals surface area (Å²) < 4.78 is 0. The molecule has 3 heteroatoms. The fourth-order valence-corrected chi connectivity index (χ4v) is 6.88. The van der Waals surface area contributed by atoms with E-state index in [1.165, 1.54) is 55.6 Å². The Bertz CT molecular complexity index is 738. The van der Waals surface area contributed by atoms with E-state index >= 15 is 0 Å². The molecule has 1 heterocycles. The van der Waals surface area contributed by atoms with Gasteiger partial charge in [0.2, 0.25) is 0 Å². The highest BCUT2D eigenvalue weighted by molar-refractivity contribution is 7.13. The largest absolute Gasteiger partial charge is 0.319 e. The van der Waals surface area contributed by atoms with Crippen molar-refractivity contribution in [3.05, 3.63) is 40.9 Å². The molecule has 3 aliphatic rings. The molecule has 0 radical (unpaired) electrons. The quantitative estimate of drug-likeness (QED) is 0.905. The molecule has 0 saturated heterocycles. The number of nitrogens with one attached hydrogen (secondary N) is 1. The zero-order valence-electron chi connectivity index (χ0n) is 13.8. The molecule has 23 heavy (non-hydrogen) atoms. The molecule has 5 rings (SSSR count). The van der Waals surface area contributed by atoms with E-state index in [1.807, 2.05) is 6.20 Å². The Hall–Kier alpha value is -1.19. The molecular formula is C20H24N2S. The lowest BCUT2D eigenvalue weighted by atomic mass is 9.35. The third-order valence-corrected chi connectivity index (χ3v) is 7.66. The molecule has 2 nitrogen and oxygen atoms in total. The van der Waals surface area contributed by atoms with Gasteiger partial charge in [-0.1, -0.05) is 25.0 Å². The van der Waals surface area contributed by atoms with E-state index in [2.05, 4.69) is 40.9 Å². The van der Waals surface area contributed by atoms with Crippen molar-refractivity contribution in [2.45, 2.75) is 43.9 Å². The fraction of sp³-hybridized carbons (Fsp3) is 0.550. The summed E-state index contributed by atoms with van der Waals surface area (Å²) in [6.45, 7) is 1.19. The van der Waals surface area contributed by atoms with Gasteiger partial charge in [-0.05, 0) is 66.7 Å². The molecular weight excluding hydrogens is 300 g/mol. The summed E-state index contributed by atoms with van der Waals surface area (Å²) in [4.78, 5) is 4.53. The number of hydrogen-bond acceptors (Lipinski definition) is 3. The predicted molar refractivity (Wildman–Crippen MR) is 95.9 cm³/mol. The first-order valence-electron chi connectivity index (χ1n) is 8.95. The summed E-state index contributed by atoms with van der Waals surface area (Å²) in [5.41, 5.74) is 5.63. The summed E-state index contributed by atoms with van der Waals surface area (Å²) in [5.74, 6) is 0.898. The first-order valence-corrected chi connectivity index (χ1v) is 9.83. The van der Waals surface area contributed by atoms with E-state index in [9.17, 15) is 0 Å². The Kier molecular flexibility index (Phi) is 3.02. The highest BCUT2D eigenvalue weighted by atomic mass is 32.1. The average molecular weight is 324 g/mol. The molecule has 0 aliphatic heterocycles. The van der Waals surface area contributed by atoms with Crippen molar-refractivity contribution in [3.63, 3.8) is 0 Å². The van der Waals surface area contributed by atoms with Crippen LogP contribution in [0.3, 0.4) is 0 Å². The Balaban J connectivity index is 1.63. The van der Waals surface area contributed by atoms with Crippen LogP contribution < -0.4 is 5.32 Å². The second kappa shape index (κ2) is 4.90. The fourth-order valence-electron chi connectivity index (χ4n) is 6.24. The van der Waals surface area contributed by atoms with Crippen molar-refractivity contribution >= 4 is 11.3 Å².